The second-order valence-corrected chi connectivity index (χ2v) is 28.4. The maximum absolute atomic E-state index is 14.6. The number of carboxylic acid groups (broad SMARTS) is 1. The monoisotopic (exact) mass is 1620 g/mol. The van der Waals surface area contributed by atoms with Gasteiger partial charge < -0.3 is 119 Å². The maximum Gasteiger partial charge on any atom is 0.303 e. The minimum absolute atomic E-state index is 0.0210. The predicted octanol–water partition coefficient (Wildman–Crippen LogP) is 3.23. The van der Waals surface area contributed by atoms with E-state index >= 15 is 0 Å². The van der Waals surface area contributed by atoms with E-state index in [0.29, 0.717) is 271 Å². The molecular weight excluding hydrogens is 1500 g/mol. The Hall–Kier alpha value is -4.99. The fourth-order valence-electron chi connectivity index (χ4n) is 11.5. The van der Waals surface area contributed by atoms with Crippen molar-refractivity contribution in [1.82, 2.24) is 0 Å². The van der Waals surface area contributed by atoms with Gasteiger partial charge in [0.05, 0.1) is 266 Å². The predicted molar refractivity (Wildman–Crippen MR) is 396 cm³/mol. The van der Waals surface area contributed by atoms with Crippen molar-refractivity contribution in [2.75, 3.05) is 296 Å². The van der Waals surface area contributed by atoms with E-state index in [-0.39, 0.29) is 83.3 Å². The molecule has 36 heteroatoms. The summed E-state index contributed by atoms with van der Waals surface area (Å²) in [7, 11) is -6.61. The lowest BCUT2D eigenvalue weighted by Gasteiger charge is -2.34. The zero-order chi connectivity index (χ0) is 80.1. The average Bonchev–Trinajstić information content (AvgIpc) is 1.54. The van der Waals surface area contributed by atoms with Gasteiger partial charge in [0.2, 0.25) is 5.69 Å². The van der Waals surface area contributed by atoms with E-state index in [4.69, 9.17) is 105 Å². The molecule has 2 aromatic rings. The van der Waals surface area contributed by atoms with Gasteiger partial charge in [-0.3, -0.25) is 9.59 Å². The van der Waals surface area contributed by atoms with E-state index in [2.05, 4.69) is 0 Å². The minimum Gasteiger partial charge on any atom is -0.871 e. The molecule has 1 unspecified atom stereocenters. The Morgan fingerprint density at radius 2 is 0.793 bits per heavy atom. The molecule has 0 amide bonds. The van der Waals surface area contributed by atoms with Crippen LogP contribution in [0.4, 0.5) is 11.4 Å². The number of unbranched alkanes of at least 4 members (excludes halogenated alkanes) is 2. The van der Waals surface area contributed by atoms with E-state index in [0.717, 1.165) is 0 Å². The normalized spacial score (nSPS) is 16.4. The highest BCUT2D eigenvalue weighted by Crippen LogP contribution is 2.52. The Morgan fingerprint density at radius 1 is 0.450 bits per heavy atom. The first-order chi connectivity index (χ1) is 53.8. The third-order valence-electron chi connectivity index (χ3n) is 17.3. The molecule has 5 rings (SSSR count). The lowest BCUT2D eigenvalue weighted by Crippen LogP contribution is -2.36. The summed E-state index contributed by atoms with van der Waals surface area (Å²) in [6.07, 6.45) is 4.23. The molecular formula is C75H118N2O32S2-2. The zero-order valence-electron chi connectivity index (χ0n) is 65.2. The molecule has 0 saturated heterocycles. The summed E-state index contributed by atoms with van der Waals surface area (Å²) in [4.78, 5) is 38.0. The van der Waals surface area contributed by atoms with Gasteiger partial charge in [-0.15, -0.1) is 0 Å². The van der Waals surface area contributed by atoms with Crippen LogP contribution in [0.5, 0.6) is 0 Å². The number of methoxy groups -OCH3 is 2. The smallest absolute Gasteiger partial charge is 0.303 e. The zero-order valence-corrected chi connectivity index (χ0v) is 66.8. The number of Topliss-reactive ketones (excluding diaryl/α,β-unsaturated/α-hetero) is 1. The summed E-state index contributed by atoms with van der Waals surface area (Å²) in [5, 5.41) is 24.0. The fourth-order valence-corrected chi connectivity index (χ4v) is 12.5. The van der Waals surface area contributed by atoms with Crippen molar-refractivity contribution in [2.45, 2.75) is 73.5 Å². The van der Waals surface area contributed by atoms with Crippen LogP contribution < -0.4 is 10.0 Å². The van der Waals surface area contributed by atoms with E-state index in [1.165, 1.54) is 48.6 Å². The number of anilines is 1. The molecule has 0 aromatic heterocycles. The molecule has 634 valence electrons. The summed E-state index contributed by atoms with van der Waals surface area (Å²) in [6, 6.07) is 7.96. The SMILES string of the molecule is COCCOCCOCCOCCOCCOCCOCCOCCOCCOCCOCC[N+]1=C(C=C2C(=O)C(C=C3N(CCCCCC(=O)O)c4ccc(S(=O)(=O)[O-])cc4C3(C)CCOOCCOCCOCCOCCOCCOCCOCCOCCOCCOC)=C2[O-])C(C)(C)c2cc(S(=O)(=O)[O-])ccc21. The Morgan fingerprint density at radius 3 is 1.15 bits per heavy atom. The number of rotatable bonds is 74. The van der Waals surface area contributed by atoms with Crippen LogP contribution in [0.25, 0.3) is 0 Å². The quantitative estimate of drug-likeness (QED) is 0.0248. The lowest BCUT2D eigenvalue weighted by molar-refractivity contribution is -0.442. The van der Waals surface area contributed by atoms with Gasteiger partial charge in [0.15, 0.2) is 18.0 Å². The molecule has 0 saturated carbocycles. The van der Waals surface area contributed by atoms with Gasteiger partial charge in [0.1, 0.15) is 33.5 Å². The molecule has 111 heavy (non-hydrogen) atoms. The molecule has 0 radical (unpaired) electrons. The number of benzene rings is 2. The summed E-state index contributed by atoms with van der Waals surface area (Å²) < 4.78 is 186. The first-order valence-corrected chi connectivity index (χ1v) is 40.5. The van der Waals surface area contributed by atoms with Crippen LogP contribution >= 0.6 is 0 Å². The van der Waals surface area contributed by atoms with Crippen LogP contribution in [-0.2, 0) is 145 Å². The highest BCUT2D eigenvalue weighted by molar-refractivity contribution is 7.86. The molecule has 0 bridgehead atoms. The Labute approximate surface area is 653 Å². The third kappa shape index (κ3) is 37.7. The van der Waals surface area contributed by atoms with Gasteiger partial charge in [-0.25, -0.2) is 26.6 Å². The molecule has 34 nitrogen and oxygen atoms in total. The number of ketones is 1. The molecule has 1 N–H and O–H groups in total. The third-order valence-corrected chi connectivity index (χ3v) is 19.0. The fraction of sp³-hybridized carbons (Fsp3) is 0.720. The van der Waals surface area contributed by atoms with E-state index in [1.807, 2.05) is 9.48 Å². The highest BCUT2D eigenvalue weighted by Gasteiger charge is 2.48. The van der Waals surface area contributed by atoms with Gasteiger partial charge in [-0.05, 0) is 82.0 Å². The number of ether oxygens (including phenoxy) is 20. The van der Waals surface area contributed by atoms with Gasteiger partial charge in [-0.1, -0.05) is 12.2 Å². The molecule has 2 aliphatic heterocycles. The number of allylic oxidation sites excluding steroid dienone is 5. The minimum atomic E-state index is -4.97. The lowest BCUT2D eigenvalue weighted by atomic mass is 9.76. The van der Waals surface area contributed by atoms with E-state index in [1.54, 1.807) is 35.0 Å². The summed E-state index contributed by atoms with van der Waals surface area (Å²) in [5.74, 6) is -2.20. The van der Waals surface area contributed by atoms with Crippen molar-refractivity contribution in [3.05, 3.63) is 82.3 Å². The first kappa shape index (κ1) is 96.6. The molecule has 2 aromatic carbocycles. The molecule has 0 spiro atoms. The van der Waals surface area contributed by atoms with Crippen molar-refractivity contribution in [3.63, 3.8) is 0 Å². The molecule has 1 aliphatic carbocycles. The standard InChI is InChI=1S/C75H120N2O32S2/c1-74(2)65-57-61(110(82,83)84)10-12-67(65)77(16-18-90-23-24-93-29-30-96-35-36-99-41-42-102-46-47-103-45-43-100-39-37-97-33-31-94-27-25-91-21-19-88-4)69(74)59-63-72(80)64(73(63)81)60-70-75(3,66-58-62(111(85,86)87)11-13-68(66)76(70)15-8-6-7-9-71(78)79)14-17-108-109-56-55-107-54-53-106-52-51-105-50-49-104-48-44-101-40-38-98-34-32-95-28-26-92-22-20-89-5/h10-13,57-60H,6-9,14-56H2,1-5H3,(H3-,78,79,80,81,82,83,84,85,86,87)/p-2. The number of aliphatic carboxylic acids is 1. The molecule has 2 heterocycles. The van der Waals surface area contributed by atoms with Gasteiger partial charge >= 0.3 is 5.97 Å². The van der Waals surface area contributed by atoms with Crippen LogP contribution in [0.2, 0.25) is 0 Å². The number of hydrogen-bond acceptors (Lipinski definition) is 32. The number of hydrogen-bond donors (Lipinski definition) is 1. The summed E-state index contributed by atoms with van der Waals surface area (Å²) >= 11 is 0. The second kappa shape index (κ2) is 57.1. The second-order valence-electron chi connectivity index (χ2n) is 25.7. The van der Waals surface area contributed by atoms with E-state index in [9.17, 15) is 45.7 Å². The number of carbonyl (C=O) groups excluding carboxylic acids is 1. The van der Waals surface area contributed by atoms with Crippen molar-refractivity contribution < 1.29 is 155 Å². The number of nitrogens with zero attached hydrogens (tertiary/aromatic N) is 2. The largest absolute Gasteiger partial charge is 0.871 e. The van der Waals surface area contributed by atoms with Crippen LogP contribution in [0.15, 0.2) is 80.9 Å². The summed E-state index contributed by atoms with van der Waals surface area (Å²) in [5.41, 5.74) is 0.0752. The van der Waals surface area contributed by atoms with Crippen molar-refractivity contribution in [1.29, 1.82) is 0 Å². The first-order valence-electron chi connectivity index (χ1n) is 37.6. The molecule has 0 fully saturated rings. The van der Waals surface area contributed by atoms with Crippen molar-refractivity contribution >= 4 is 49.1 Å². The van der Waals surface area contributed by atoms with Gasteiger partial charge in [0.25, 0.3) is 0 Å². The van der Waals surface area contributed by atoms with Crippen LogP contribution in [0.3, 0.4) is 0 Å². The highest BCUT2D eigenvalue weighted by atomic mass is 32.2. The topological polar surface area (TPSA) is 401 Å². The maximum atomic E-state index is 14.6. The molecule has 1 atom stereocenters. The average molecular weight is 1620 g/mol. The Bertz CT molecular complexity index is 3300. The van der Waals surface area contributed by atoms with Crippen molar-refractivity contribution in [2.24, 2.45) is 0 Å². The number of fused-ring (bicyclic) bond motifs is 2. The van der Waals surface area contributed by atoms with Crippen molar-refractivity contribution in [3.8, 4) is 0 Å². The van der Waals surface area contributed by atoms with Gasteiger partial charge in [0, 0.05) is 72.8 Å². The van der Waals surface area contributed by atoms with E-state index < -0.39 is 58.4 Å². The molecule has 3 aliphatic rings. The van der Waals surface area contributed by atoms with Crippen LogP contribution in [-0.4, -0.2) is 345 Å². The summed E-state index contributed by atoms with van der Waals surface area (Å²) in [6.45, 7) is 21.0. The Balaban J connectivity index is 1.06. The van der Waals surface area contributed by atoms with Crippen LogP contribution in [0.1, 0.15) is 64.0 Å². The van der Waals surface area contributed by atoms with Gasteiger partial charge in [-0.2, -0.15) is 4.58 Å². The Kier molecular flexibility index (Phi) is 49.7. The number of carboxylic acids is 1. The number of carbonyl (C=O) groups is 2. The van der Waals surface area contributed by atoms with Crippen LogP contribution in [0, 0.1) is 0 Å².